The van der Waals surface area contributed by atoms with E-state index in [1.165, 1.54) is 23.3 Å². The van der Waals surface area contributed by atoms with Crippen LogP contribution in [0.15, 0.2) is 81.4 Å². The lowest BCUT2D eigenvalue weighted by Gasteiger charge is -2.23. The summed E-state index contributed by atoms with van der Waals surface area (Å²) in [6.45, 7) is 0.207. The molecule has 1 aromatic heterocycles. The second-order valence-electron chi connectivity index (χ2n) is 6.89. The van der Waals surface area contributed by atoms with Gasteiger partial charge in [0.2, 0.25) is 0 Å². The van der Waals surface area contributed by atoms with Gasteiger partial charge in [-0.2, -0.15) is 0 Å². The van der Waals surface area contributed by atoms with Crippen molar-refractivity contribution in [1.29, 1.82) is 0 Å². The highest BCUT2D eigenvalue weighted by Gasteiger charge is 2.47. The van der Waals surface area contributed by atoms with Gasteiger partial charge in [0.15, 0.2) is 0 Å². The third kappa shape index (κ3) is 3.80. The molecule has 30 heavy (non-hydrogen) atoms. The third-order valence-electron chi connectivity index (χ3n) is 5.02. The maximum atomic E-state index is 13.2. The SMILES string of the molecule is O=C1C(=O)N(CCc2ccc(F)cc2)C(c2ccco2)/C1=C(/O)c1ccc(Br)cc1. The lowest BCUT2D eigenvalue weighted by Crippen LogP contribution is -2.31. The Hall–Kier alpha value is -3.19. The number of benzene rings is 2. The first-order valence-corrected chi connectivity index (χ1v) is 10.1. The molecule has 0 radical (unpaired) electrons. The monoisotopic (exact) mass is 469 g/mol. The van der Waals surface area contributed by atoms with Crippen molar-refractivity contribution in [1.82, 2.24) is 4.90 Å². The summed E-state index contributed by atoms with van der Waals surface area (Å²) in [4.78, 5) is 27.0. The highest BCUT2D eigenvalue weighted by molar-refractivity contribution is 9.10. The summed E-state index contributed by atoms with van der Waals surface area (Å²) in [5, 5.41) is 10.9. The van der Waals surface area contributed by atoms with Gasteiger partial charge in [-0.3, -0.25) is 9.59 Å². The van der Waals surface area contributed by atoms with E-state index in [0.29, 0.717) is 17.7 Å². The van der Waals surface area contributed by atoms with Crippen LogP contribution >= 0.6 is 15.9 Å². The van der Waals surface area contributed by atoms with Gasteiger partial charge in [-0.05, 0) is 48.4 Å². The van der Waals surface area contributed by atoms with Gasteiger partial charge in [0.25, 0.3) is 11.7 Å². The first kappa shape index (κ1) is 20.1. The Morgan fingerprint density at radius 1 is 1.07 bits per heavy atom. The van der Waals surface area contributed by atoms with Crippen LogP contribution in [-0.2, 0) is 16.0 Å². The van der Waals surface area contributed by atoms with E-state index in [1.54, 1.807) is 48.5 Å². The Labute approximate surface area is 180 Å². The number of Topliss-reactive ketones (excluding diaryl/α,β-unsaturated/α-hetero) is 1. The van der Waals surface area contributed by atoms with Crippen molar-refractivity contribution in [3.8, 4) is 0 Å². The Morgan fingerprint density at radius 2 is 1.77 bits per heavy atom. The number of carbonyl (C=O) groups excluding carboxylic acids is 2. The van der Waals surface area contributed by atoms with E-state index in [2.05, 4.69) is 15.9 Å². The fourth-order valence-corrected chi connectivity index (χ4v) is 3.78. The standard InChI is InChI=1S/C23H17BrFNO4/c24-16-7-5-15(6-8-16)21(27)19-20(18-2-1-13-30-18)26(23(29)22(19)28)12-11-14-3-9-17(25)10-4-14/h1-10,13,20,27H,11-12H2/b21-19-. The highest BCUT2D eigenvalue weighted by Crippen LogP contribution is 2.39. The van der Waals surface area contributed by atoms with Crippen LogP contribution in [0.1, 0.15) is 22.9 Å². The number of furan rings is 1. The number of carbonyl (C=O) groups is 2. The molecule has 1 atom stereocenters. The fourth-order valence-electron chi connectivity index (χ4n) is 3.52. The molecule has 2 aromatic carbocycles. The van der Waals surface area contributed by atoms with Gasteiger partial charge in [-0.25, -0.2) is 4.39 Å². The number of halogens is 2. The molecular formula is C23H17BrFNO4. The van der Waals surface area contributed by atoms with Crippen molar-refractivity contribution < 1.29 is 23.5 Å². The van der Waals surface area contributed by atoms with E-state index in [1.807, 2.05) is 0 Å². The summed E-state index contributed by atoms with van der Waals surface area (Å²) in [6, 6.07) is 15.2. The van der Waals surface area contributed by atoms with Crippen LogP contribution in [-0.4, -0.2) is 28.2 Å². The molecule has 1 N–H and O–H groups in total. The molecule has 1 fully saturated rings. The summed E-state index contributed by atoms with van der Waals surface area (Å²) < 4.78 is 19.5. The van der Waals surface area contributed by atoms with Crippen molar-refractivity contribution >= 4 is 33.4 Å². The molecule has 5 nitrogen and oxygen atoms in total. The summed E-state index contributed by atoms with van der Waals surface area (Å²) >= 11 is 3.33. The van der Waals surface area contributed by atoms with E-state index < -0.39 is 17.7 Å². The predicted octanol–water partition coefficient (Wildman–Crippen LogP) is 4.85. The number of rotatable bonds is 5. The van der Waals surface area contributed by atoms with Crippen LogP contribution in [0.3, 0.4) is 0 Å². The lowest BCUT2D eigenvalue weighted by atomic mass is 9.99. The van der Waals surface area contributed by atoms with Crippen LogP contribution in [0.4, 0.5) is 4.39 Å². The number of hydrogen-bond acceptors (Lipinski definition) is 4. The molecule has 0 aliphatic carbocycles. The smallest absolute Gasteiger partial charge is 0.295 e. The third-order valence-corrected chi connectivity index (χ3v) is 5.55. The fraction of sp³-hybridized carbons (Fsp3) is 0.130. The molecular weight excluding hydrogens is 453 g/mol. The van der Waals surface area contributed by atoms with E-state index in [0.717, 1.165) is 10.0 Å². The predicted molar refractivity (Wildman–Crippen MR) is 112 cm³/mol. The Morgan fingerprint density at radius 3 is 2.40 bits per heavy atom. The number of aliphatic hydroxyl groups excluding tert-OH is 1. The van der Waals surface area contributed by atoms with E-state index in [-0.39, 0.29) is 23.7 Å². The van der Waals surface area contributed by atoms with Gasteiger partial charge in [-0.1, -0.05) is 40.2 Å². The maximum Gasteiger partial charge on any atom is 0.295 e. The number of likely N-dealkylation sites (tertiary alicyclic amines) is 1. The number of ketones is 1. The quantitative estimate of drug-likeness (QED) is 0.329. The molecule has 3 aromatic rings. The van der Waals surface area contributed by atoms with Crippen molar-refractivity contribution in [2.24, 2.45) is 0 Å². The molecule has 1 amide bonds. The molecule has 1 unspecified atom stereocenters. The number of hydrogen-bond donors (Lipinski definition) is 1. The van der Waals surface area contributed by atoms with Crippen LogP contribution < -0.4 is 0 Å². The molecule has 1 aliphatic heterocycles. The van der Waals surface area contributed by atoms with Crippen molar-refractivity contribution in [3.05, 3.63) is 99.7 Å². The minimum absolute atomic E-state index is 0.0172. The van der Waals surface area contributed by atoms with Gasteiger partial charge in [0.05, 0.1) is 11.8 Å². The zero-order valence-electron chi connectivity index (χ0n) is 15.7. The minimum atomic E-state index is -0.843. The van der Waals surface area contributed by atoms with Crippen LogP contribution in [0, 0.1) is 5.82 Å². The average molecular weight is 470 g/mol. The first-order valence-electron chi connectivity index (χ1n) is 9.28. The summed E-state index contributed by atoms with van der Waals surface area (Å²) in [6.07, 6.45) is 1.87. The normalized spacial score (nSPS) is 18.2. The second-order valence-corrected chi connectivity index (χ2v) is 7.81. The lowest BCUT2D eigenvalue weighted by molar-refractivity contribution is -0.140. The molecule has 1 saturated heterocycles. The van der Waals surface area contributed by atoms with E-state index >= 15 is 0 Å². The van der Waals surface area contributed by atoms with Gasteiger partial charge in [0, 0.05) is 16.6 Å². The van der Waals surface area contributed by atoms with Crippen molar-refractivity contribution in [3.63, 3.8) is 0 Å². The molecule has 1 aliphatic rings. The molecule has 0 saturated carbocycles. The molecule has 7 heteroatoms. The maximum absolute atomic E-state index is 13.2. The second kappa shape index (κ2) is 8.28. The molecule has 0 spiro atoms. The largest absolute Gasteiger partial charge is 0.507 e. The molecule has 2 heterocycles. The average Bonchev–Trinajstić information content (AvgIpc) is 3.35. The van der Waals surface area contributed by atoms with Gasteiger partial charge >= 0.3 is 0 Å². The molecule has 4 rings (SSSR count). The minimum Gasteiger partial charge on any atom is -0.507 e. The summed E-state index contributed by atoms with van der Waals surface area (Å²) in [5.74, 6) is -1.70. The van der Waals surface area contributed by atoms with Crippen LogP contribution in [0.5, 0.6) is 0 Å². The van der Waals surface area contributed by atoms with Crippen molar-refractivity contribution in [2.75, 3.05) is 6.54 Å². The molecule has 152 valence electrons. The number of aliphatic hydroxyl groups is 1. The van der Waals surface area contributed by atoms with Gasteiger partial charge in [0.1, 0.15) is 23.4 Å². The zero-order valence-corrected chi connectivity index (χ0v) is 17.3. The molecule has 0 bridgehead atoms. The van der Waals surface area contributed by atoms with E-state index in [9.17, 15) is 19.1 Å². The van der Waals surface area contributed by atoms with Crippen LogP contribution in [0.25, 0.3) is 5.76 Å². The van der Waals surface area contributed by atoms with Crippen LogP contribution in [0.2, 0.25) is 0 Å². The number of amides is 1. The topological polar surface area (TPSA) is 70.8 Å². The summed E-state index contributed by atoms with van der Waals surface area (Å²) in [5.41, 5.74) is 1.23. The van der Waals surface area contributed by atoms with Gasteiger partial charge in [-0.15, -0.1) is 0 Å². The Balaban J connectivity index is 1.72. The first-order chi connectivity index (χ1) is 14.5. The number of nitrogens with zero attached hydrogens (tertiary/aromatic N) is 1. The van der Waals surface area contributed by atoms with Gasteiger partial charge < -0.3 is 14.4 Å². The zero-order chi connectivity index (χ0) is 21.3. The Bertz CT molecular complexity index is 1110. The highest BCUT2D eigenvalue weighted by atomic mass is 79.9. The van der Waals surface area contributed by atoms with E-state index in [4.69, 9.17) is 4.42 Å². The Kier molecular flexibility index (Phi) is 5.55. The van der Waals surface area contributed by atoms with Crippen molar-refractivity contribution in [2.45, 2.75) is 12.5 Å². The summed E-state index contributed by atoms with van der Waals surface area (Å²) in [7, 11) is 0.